The van der Waals surface area contributed by atoms with Crippen molar-refractivity contribution in [2.45, 2.75) is 72.5 Å². The normalized spacial score (nSPS) is 39.1. The first-order chi connectivity index (χ1) is 11.0. The van der Waals surface area contributed by atoms with E-state index in [0.29, 0.717) is 12.3 Å². The van der Waals surface area contributed by atoms with Crippen molar-refractivity contribution < 1.29 is 20.1 Å². The molecule has 2 rings (SSSR count). The number of hydrogen-bond donors (Lipinski definition) is 3. The molecule has 5 atom stereocenters. The second-order valence-corrected chi connectivity index (χ2v) is 8.65. The first kappa shape index (κ1) is 19.2. The molecule has 0 spiro atoms. The second kappa shape index (κ2) is 6.64. The Morgan fingerprint density at radius 1 is 1.33 bits per heavy atom. The summed E-state index contributed by atoms with van der Waals surface area (Å²) in [5.41, 5.74) is 1.72. The maximum atomic E-state index is 10.9. The summed E-state index contributed by atoms with van der Waals surface area (Å²) in [5, 5.41) is 29.7. The van der Waals surface area contributed by atoms with E-state index in [1.807, 2.05) is 20.8 Å². The van der Waals surface area contributed by atoms with Crippen molar-refractivity contribution in [3.63, 3.8) is 0 Å². The maximum Gasteiger partial charge on any atom is 0.328 e. The summed E-state index contributed by atoms with van der Waals surface area (Å²) in [7, 11) is 0. The Hall–Kier alpha value is -1.13. The Labute approximate surface area is 145 Å². The van der Waals surface area contributed by atoms with Gasteiger partial charge in [0.05, 0.1) is 12.2 Å². The van der Waals surface area contributed by atoms with E-state index < -0.39 is 23.6 Å². The molecule has 0 aromatic heterocycles. The molecule has 0 aromatic carbocycles. The average molecular weight is 336 g/mol. The molecule has 0 bridgehead atoms. The van der Waals surface area contributed by atoms with E-state index in [0.717, 1.165) is 24.8 Å². The fraction of sp³-hybridized carbons (Fsp3) is 0.750. The quantitative estimate of drug-likeness (QED) is 0.542. The number of carboxylic acids is 1. The van der Waals surface area contributed by atoms with Crippen LogP contribution in [0.4, 0.5) is 0 Å². The summed E-state index contributed by atoms with van der Waals surface area (Å²) in [6.45, 7) is 10.4. The summed E-state index contributed by atoms with van der Waals surface area (Å²) < 4.78 is 0. The Bertz CT molecular complexity index is 560. The number of carbonyl (C=O) groups is 1. The van der Waals surface area contributed by atoms with Crippen LogP contribution in [0.3, 0.4) is 0 Å². The molecule has 0 heterocycles. The van der Waals surface area contributed by atoms with Crippen LogP contribution in [0.1, 0.15) is 60.3 Å². The lowest BCUT2D eigenvalue weighted by atomic mass is 9.50. The minimum atomic E-state index is -0.896. The molecule has 2 aliphatic rings. The van der Waals surface area contributed by atoms with Crippen LogP contribution in [0, 0.1) is 22.7 Å². The third-order valence-corrected chi connectivity index (χ3v) is 6.74. The fourth-order valence-electron chi connectivity index (χ4n) is 4.71. The molecule has 1 saturated carbocycles. The van der Waals surface area contributed by atoms with Gasteiger partial charge >= 0.3 is 5.97 Å². The summed E-state index contributed by atoms with van der Waals surface area (Å²) in [4.78, 5) is 10.9. The first-order valence-electron chi connectivity index (χ1n) is 8.97. The van der Waals surface area contributed by atoms with E-state index in [4.69, 9.17) is 5.11 Å². The second-order valence-electron chi connectivity index (χ2n) is 8.65. The van der Waals surface area contributed by atoms with Crippen molar-refractivity contribution in [2.75, 3.05) is 0 Å². The summed E-state index contributed by atoms with van der Waals surface area (Å²) in [6, 6.07) is 0. The van der Waals surface area contributed by atoms with Crippen molar-refractivity contribution in [3.8, 4) is 0 Å². The topological polar surface area (TPSA) is 77.8 Å². The molecule has 2 aliphatic carbocycles. The molecular weight excluding hydrogens is 304 g/mol. The van der Waals surface area contributed by atoms with E-state index in [9.17, 15) is 15.0 Å². The SMILES string of the molecule is CC(=CC(=O)O)CCC1(C)C(C)CC=C2C1CC(O)C(O)C2(C)C. The molecule has 0 amide bonds. The van der Waals surface area contributed by atoms with Gasteiger partial charge in [-0.2, -0.15) is 0 Å². The predicted octanol–water partition coefficient (Wildman–Crippen LogP) is 3.54. The van der Waals surface area contributed by atoms with E-state index in [-0.39, 0.29) is 11.3 Å². The van der Waals surface area contributed by atoms with Gasteiger partial charge in [-0.1, -0.05) is 44.9 Å². The molecule has 0 aromatic rings. The van der Waals surface area contributed by atoms with Crippen LogP contribution < -0.4 is 0 Å². The third-order valence-electron chi connectivity index (χ3n) is 6.74. The largest absolute Gasteiger partial charge is 0.478 e. The van der Waals surface area contributed by atoms with Crippen molar-refractivity contribution in [1.82, 2.24) is 0 Å². The first-order valence-corrected chi connectivity index (χ1v) is 8.97. The predicted molar refractivity (Wildman–Crippen MR) is 94.5 cm³/mol. The van der Waals surface area contributed by atoms with Gasteiger partial charge in [0.1, 0.15) is 0 Å². The van der Waals surface area contributed by atoms with E-state index in [1.54, 1.807) is 0 Å². The maximum absolute atomic E-state index is 10.9. The van der Waals surface area contributed by atoms with Gasteiger partial charge in [-0.25, -0.2) is 4.79 Å². The lowest BCUT2D eigenvalue weighted by Gasteiger charge is -2.55. The van der Waals surface area contributed by atoms with E-state index in [2.05, 4.69) is 19.9 Å². The van der Waals surface area contributed by atoms with Crippen molar-refractivity contribution in [1.29, 1.82) is 0 Å². The number of aliphatic carboxylic acids is 1. The van der Waals surface area contributed by atoms with Crippen LogP contribution in [-0.4, -0.2) is 33.5 Å². The van der Waals surface area contributed by atoms with Crippen LogP contribution in [0.15, 0.2) is 23.3 Å². The number of aliphatic hydroxyl groups is 2. The molecule has 3 N–H and O–H groups in total. The van der Waals surface area contributed by atoms with Gasteiger partial charge < -0.3 is 15.3 Å². The van der Waals surface area contributed by atoms with Gasteiger partial charge in [-0.15, -0.1) is 0 Å². The van der Waals surface area contributed by atoms with Gasteiger partial charge in [0.2, 0.25) is 0 Å². The van der Waals surface area contributed by atoms with Crippen LogP contribution in [0.5, 0.6) is 0 Å². The lowest BCUT2D eigenvalue weighted by molar-refractivity contribution is -0.131. The highest BCUT2D eigenvalue weighted by molar-refractivity contribution is 5.80. The van der Waals surface area contributed by atoms with Gasteiger partial charge in [0.25, 0.3) is 0 Å². The molecular formula is C20H32O4. The fourth-order valence-corrected chi connectivity index (χ4v) is 4.71. The van der Waals surface area contributed by atoms with E-state index in [1.165, 1.54) is 11.6 Å². The Kier molecular flexibility index (Phi) is 5.31. The minimum Gasteiger partial charge on any atom is -0.478 e. The highest BCUT2D eigenvalue weighted by Crippen LogP contribution is 2.58. The van der Waals surface area contributed by atoms with Crippen molar-refractivity contribution in [3.05, 3.63) is 23.3 Å². The number of hydrogen-bond acceptors (Lipinski definition) is 3. The van der Waals surface area contributed by atoms with Gasteiger partial charge in [0, 0.05) is 11.5 Å². The molecule has 0 radical (unpaired) electrons. The standard InChI is InChI=1S/C20H32O4/c1-12(10-17(22)23)8-9-20(5)13(2)6-7-14-15(20)11-16(21)18(24)19(14,3)4/h7,10,13,15-16,18,21,24H,6,8-9,11H2,1-5H3,(H,22,23). The number of rotatable bonds is 4. The summed E-state index contributed by atoms with van der Waals surface area (Å²) in [5.74, 6) is -0.207. The molecule has 0 aliphatic heterocycles. The molecule has 136 valence electrons. The summed E-state index contributed by atoms with van der Waals surface area (Å²) in [6.07, 6.45) is 5.31. The smallest absolute Gasteiger partial charge is 0.328 e. The Balaban J connectivity index is 2.29. The zero-order valence-corrected chi connectivity index (χ0v) is 15.5. The molecule has 4 heteroatoms. The van der Waals surface area contributed by atoms with Crippen molar-refractivity contribution in [2.24, 2.45) is 22.7 Å². The van der Waals surface area contributed by atoms with Crippen LogP contribution >= 0.6 is 0 Å². The van der Waals surface area contributed by atoms with Crippen LogP contribution in [0.2, 0.25) is 0 Å². The molecule has 0 saturated heterocycles. The Morgan fingerprint density at radius 2 is 1.96 bits per heavy atom. The minimum absolute atomic E-state index is 0.00389. The zero-order chi connectivity index (χ0) is 18.3. The zero-order valence-electron chi connectivity index (χ0n) is 15.5. The van der Waals surface area contributed by atoms with Crippen LogP contribution in [0.25, 0.3) is 0 Å². The monoisotopic (exact) mass is 336 g/mol. The van der Waals surface area contributed by atoms with Crippen LogP contribution in [-0.2, 0) is 4.79 Å². The van der Waals surface area contributed by atoms with E-state index >= 15 is 0 Å². The van der Waals surface area contributed by atoms with Gasteiger partial charge in [-0.3, -0.25) is 0 Å². The van der Waals surface area contributed by atoms with Gasteiger partial charge in [0.15, 0.2) is 0 Å². The number of aliphatic hydroxyl groups excluding tert-OH is 2. The molecule has 5 unspecified atom stereocenters. The highest BCUT2D eigenvalue weighted by atomic mass is 16.4. The van der Waals surface area contributed by atoms with Gasteiger partial charge in [-0.05, 0) is 49.9 Å². The summed E-state index contributed by atoms with van der Waals surface area (Å²) >= 11 is 0. The number of fused-ring (bicyclic) bond motifs is 1. The molecule has 4 nitrogen and oxygen atoms in total. The highest BCUT2D eigenvalue weighted by Gasteiger charge is 2.53. The molecule has 1 fully saturated rings. The number of carboxylic acid groups (broad SMARTS) is 1. The Morgan fingerprint density at radius 3 is 2.54 bits per heavy atom. The van der Waals surface area contributed by atoms with Crippen molar-refractivity contribution >= 4 is 5.97 Å². The number of allylic oxidation sites excluding steroid dienone is 2. The lowest BCUT2D eigenvalue weighted by Crippen LogP contribution is -2.54. The molecule has 24 heavy (non-hydrogen) atoms. The third kappa shape index (κ3) is 3.31. The average Bonchev–Trinajstić information content (AvgIpc) is 2.47.